The van der Waals surface area contributed by atoms with Crippen LogP contribution in [0.4, 0.5) is 4.39 Å². The minimum Gasteiger partial charge on any atom is -0.272 e. The van der Waals surface area contributed by atoms with Crippen LogP contribution in [0.2, 0.25) is 0 Å². The molecule has 0 spiro atoms. The number of hydrogen-bond acceptors (Lipinski definition) is 4. The number of nitrogens with one attached hydrogen (secondary N) is 1. The van der Waals surface area contributed by atoms with E-state index in [0.29, 0.717) is 17.0 Å². The van der Waals surface area contributed by atoms with E-state index in [9.17, 15) is 4.39 Å². The summed E-state index contributed by atoms with van der Waals surface area (Å²) in [5, 5.41) is 15.8. The van der Waals surface area contributed by atoms with Crippen molar-refractivity contribution < 1.29 is 4.39 Å². The summed E-state index contributed by atoms with van der Waals surface area (Å²) < 4.78 is 16.8. The summed E-state index contributed by atoms with van der Waals surface area (Å²) in [5.41, 5.74) is 3.80. The van der Waals surface area contributed by atoms with Crippen LogP contribution in [-0.2, 0) is 13.5 Å². The highest BCUT2D eigenvalue weighted by molar-refractivity contribution is 7.71. The molecule has 0 saturated heterocycles. The second-order valence-corrected chi connectivity index (χ2v) is 5.90. The topological polar surface area (TPSA) is 63.8 Å². The summed E-state index contributed by atoms with van der Waals surface area (Å²) in [6.45, 7) is 3.91. The molecule has 6 nitrogen and oxygen atoms in total. The van der Waals surface area contributed by atoms with Gasteiger partial charge in [0.15, 0.2) is 5.82 Å². The maximum Gasteiger partial charge on any atom is 0.216 e. The van der Waals surface area contributed by atoms with Gasteiger partial charge in [-0.3, -0.25) is 9.78 Å². The van der Waals surface area contributed by atoms with Crippen LogP contribution < -0.4 is 0 Å². The Hall–Kier alpha value is -2.61. The molecule has 2 heterocycles. The zero-order chi connectivity index (χ0) is 17.3. The van der Waals surface area contributed by atoms with Gasteiger partial charge in [0.2, 0.25) is 4.77 Å². The van der Waals surface area contributed by atoms with E-state index >= 15 is 0 Å². The molecule has 0 unspecified atom stereocenters. The van der Waals surface area contributed by atoms with Crippen LogP contribution in [-0.4, -0.2) is 30.9 Å². The summed E-state index contributed by atoms with van der Waals surface area (Å²) in [4.78, 5) is 0. The van der Waals surface area contributed by atoms with Crippen LogP contribution in [0.3, 0.4) is 0 Å². The first kappa shape index (κ1) is 16.3. The number of halogens is 1. The van der Waals surface area contributed by atoms with Crippen LogP contribution in [0, 0.1) is 24.4 Å². The van der Waals surface area contributed by atoms with E-state index in [2.05, 4.69) is 20.4 Å². The van der Waals surface area contributed by atoms with Crippen molar-refractivity contribution in [3.63, 3.8) is 0 Å². The number of nitrogens with zero attached hydrogens (tertiary/aromatic N) is 5. The fourth-order valence-electron chi connectivity index (χ4n) is 2.43. The fourth-order valence-corrected chi connectivity index (χ4v) is 2.63. The van der Waals surface area contributed by atoms with Gasteiger partial charge in [-0.1, -0.05) is 12.1 Å². The Labute approximate surface area is 143 Å². The Morgan fingerprint density at radius 1 is 1.29 bits per heavy atom. The van der Waals surface area contributed by atoms with Crippen molar-refractivity contribution in [3.05, 3.63) is 63.2 Å². The van der Waals surface area contributed by atoms with Crippen LogP contribution in [0.25, 0.3) is 0 Å². The van der Waals surface area contributed by atoms with Crippen LogP contribution in [0.15, 0.2) is 29.4 Å². The number of aryl methyl sites for hydroxylation is 2. The van der Waals surface area contributed by atoms with Crippen molar-refractivity contribution in [1.29, 1.82) is 0 Å². The van der Waals surface area contributed by atoms with E-state index in [4.69, 9.17) is 12.2 Å². The standard InChI is InChI=1S/C16H17FN6S/c1-10-14(11(2)22(3)21-10)9-18-23-15(19-20-16(23)24)8-12-4-6-13(17)7-5-12/h4-7,9H,8H2,1-3H3,(H,20,24). The monoisotopic (exact) mass is 344 g/mol. The average molecular weight is 344 g/mol. The molecule has 0 fully saturated rings. The number of benzene rings is 1. The van der Waals surface area contributed by atoms with Gasteiger partial charge in [-0.2, -0.15) is 20.0 Å². The summed E-state index contributed by atoms with van der Waals surface area (Å²) in [6, 6.07) is 6.28. The molecule has 0 amide bonds. The molecule has 0 atom stereocenters. The molecule has 3 aromatic rings. The summed E-state index contributed by atoms with van der Waals surface area (Å²) in [5.74, 6) is 0.389. The van der Waals surface area contributed by atoms with Gasteiger partial charge >= 0.3 is 0 Å². The molecule has 0 aliphatic carbocycles. The lowest BCUT2D eigenvalue weighted by molar-refractivity contribution is 0.627. The van der Waals surface area contributed by atoms with Gasteiger partial charge in [0, 0.05) is 24.7 Å². The maximum absolute atomic E-state index is 13.0. The molecule has 1 aromatic carbocycles. The van der Waals surface area contributed by atoms with Crippen LogP contribution in [0.5, 0.6) is 0 Å². The number of hydrogen-bond donors (Lipinski definition) is 1. The Morgan fingerprint density at radius 2 is 2.00 bits per heavy atom. The van der Waals surface area contributed by atoms with Crippen LogP contribution in [0.1, 0.15) is 28.3 Å². The minimum absolute atomic E-state index is 0.266. The zero-order valence-corrected chi connectivity index (χ0v) is 14.4. The van der Waals surface area contributed by atoms with Crippen LogP contribution >= 0.6 is 12.2 Å². The fraction of sp³-hybridized carbons (Fsp3) is 0.250. The molecule has 0 radical (unpaired) electrons. The van der Waals surface area contributed by atoms with Gasteiger partial charge in [0.05, 0.1) is 11.9 Å². The number of rotatable bonds is 4. The van der Waals surface area contributed by atoms with E-state index in [1.54, 1.807) is 23.0 Å². The van der Waals surface area contributed by atoms with Crippen molar-refractivity contribution in [1.82, 2.24) is 24.7 Å². The average Bonchev–Trinajstić information content (AvgIpc) is 3.01. The molecule has 0 bridgehead atoms. The van der Waals surface area contributed by atoms with Gasteiger partial charge in [-0.15, -0.1) is 0 Å². The summed E-state index contributed by atoms with van der Waals surface area (Å²) >= 11 is 5.25. The lowest BCUT2D eigenvalue weighted by Gasteiger charge is -2.02. The van der Waals surface area contributed by atoms with Gasteiger partial charge < -0.3 is 0 Å². The number of aromatic amines is 1. The number of H-pyrrole nitrogens is 1. The first-order chi connectivity index (χ1) is 11.5. The first-order valence-corrected chi connectivity index (χ1v) is 7.82. The predicted octanol–water partition coefficient (Wildman–Crippen LogP) is 2.90. The molecule has 0 aliphatic rings. The van der Waals surface area contributed by atoms with Crippen molar-refractivity contribution in [2.75, 3.05) is 0 Å². The summed E-state index contributed by atoms with van der Waals surface area (Å²) in [6.07, 6.45) is 2.23. The van der Waals surface area contributed by atoms with E-state index in [-0.39, 0.29) is 5.82 Å². The maximum atomic E-state index is 13.0. The summed E-state index contributed by atoms with van der Waals surface area (Å²) in [7, 11) is 1.89. The third-order valence-corrected chi connectivity index (χ3v) is 4.12. The lowest BCUT2D eigenvalue weighted by atomic mass is 10.1. The predicted molar refractivity (Wildman–Crippen MR) is 92.3 cm³/mol. The van der Waals surface area contributed by atoms with Crippen molar-refractivity contribution in [3.8, 4) is 0 Å². The largest absolute Gasteiger partial charge is 0.272 e. The first-order valence-electron chi connectivity index (χ1n) is 7.41. The second kappa shape index (κ2) is 6.48. The van der Waals surface area contributed by atoms with E-state index in [1.807, 2.05) is 25.6 Å². The third-order valence-electron chi connectivity index (χ3n) is 3.86. The van der Waals surface area contributed by atoms with Crippen molar-refractivity contribution in [2.45, 2.75) is 20.3 Å². The Kier molecular flexibility index (Phi) is 4.39. The normalized spacial score (nSPS) is 11.5. The van der Waals surface area contributed by atoms with Gasteiger partial charge in [-0.05, 0) is 43.8 Å². The van der Waals surface area contributed by atoms with Gasteiger partial charge in [-0.25, -0.2) is 4.39 Å². The molecular weight excluding hydrogens is 327 g/mol. The van der Waals surface area contributed by atoms with E-state index < -0.39 is 0 Å². The zero-order valence-electron chi connectivity index (χ0n) is 13.6. The Bertz CT molecular complexity index is 948. The smallest absolute Gasteiger partial charge is 0.216 e. The molecule has 3 rings (SSSR count). The highest BCUT2D eigenvalue weighted by atomic mass is 32.1. The molecule has 0 saturated carbocycles. The van der Waals surface area contributed by atoms with E-state index in [1.165, 1.54) is 12.1 Å². The lowest BCUT2D eigenvalue weighted by Crippen LogP contribution is -2.01. The molecule has 24 heavy (non-hydrogen) atoms. The molecule has 2 aromatic heterocycles. The molecule has 1 N–H and O–H groups in total. The second-order valence-electron chi connectivity index (χ2n) is 5.51. The van der Waals surface area contributed by atoms with Crippen molar-refractivity contribution in [2.24, 2.45) is 12.1 Å². The quantitative estimate of drug-likeness (QED) is 0.585. The molecular formula is C16H17FN6S. The Balaban J connectivity index is 1.91. The molecule has 8 heteroatoms. The number of aromatic nitrogens is 5. The molecule has 0 aliphatic heterocycles. The van der Waals surface area contributed by atoms with Crippen molar-refractivity contribution >= 4 is 18.4 Å². The third kappa shape index (κ3) is 3.18. The highest BCUT2D eigenvalue weighted by Crippen LogP contribution is 2.11. The van der Waals surface area contributed by atoms with Gasteiger partial charge in [0.1, 0.15) is 5.82 Å². The highest BCUT2D eigenvalue weighted by Gasteiger charge is 2.09. The minimum atomic E-state index is -0.266. The van der Waals surface area contributed by atoms with Gasteiger partial charge in [0.25, 0.3) is 0 Å². The van der Waals surface area contributed by atoms with E-state index in [0.717, 1.165) is 22.5 Å². The Morgan fingerprint density at radius 3 is 2.62 bits per heavy atom. The molecule has 124 valence electrons. The SMILES string of the molecule is Cc1nn(C)c(C)c1C=Nn1c(Cc2ccc(F)cc2)n[nH]c1=S.